The number of esters is 7. The Morgan fingerprint density at radius 1 is 0.222 bits per heavy atom. The van der Waals surface area contributed by atoms with Crippen LogP contribution in [-0.2, 0) is 55.6 Å². The maximum absolute atomic E-state index is 13.4. The Labute approximate surface area is 696 Å². The molecule has 7 rings (SSSR count). The Morgan fingerprint density at radius 3 is 0.778 bits per heavy atom. The van der Waals surface area contributed by atoms with Crippen molar-refractivity contribution in [1.82, 2.24) is 0 Å². The average Bonchev–Trinajstić information content (AvgIpc) is 0.818. The molecule has 0 saturated carbocycles. The summed E-state index contributed by atoms with van der Waals surface area (Å²) < 4.78 is 435. The molecule has 0 heterocycles. The van der Waals surface area contributed by atoms with Gasteiger partial charge in [-0.15, -0.1) is 0 Å². The fourth-order valence-corrected chi connectivity index (χ4v) is 8.20. The number of carbonyl (C=O) groups is 7. The Morgan fingerprint density at radius 2 is 0.444 bits per heavy atom. The first-order valence-electron chi connectivity index (χ1n) is 36.1. The maximum atomic E-state index is 13.4. The highest BCUT2D eigenvalue weighted by Gasteiger charge is 2.35. The molecule has 0 amide bonds. The lowest BCUT2D eigenvalue weighted by Crippen LogP contribution is -2.17. The molecule has 7 aromatic rings. The second kappa shape index (κ2) is 51.3. The van der Waals surface area contributed by atoms with Gasteiger partial charge in [-0.2, -0.15) is 0 Å². The van der Waals surface area contributed by atoms with E-state index in [0.29, 0.717) is 0 Å². The lowest BCUT2D eigenvalue weighted by Gasteiger charge is -2.10. The molecule has 0 fully saturated rings. The highest BCUT2D eigenvalue weighted by Crippen LogP contribution is 2.31. The summed E-state index contributed by atoms with van der Waals surface area (Å²) in [6.07, 6.45) is -2.10. The van der Waals surface area contributed by atoms with Crippen molar-refractivity contribution in [2.75, 3.05) is 46.2 Å². The Hall–Kier alpha value is -11.3. The summed E-state index contributed by atoms with van der Waals surface area (Å²) in [6.45, 7) is 24.5. The molecule has 14 nitrogen and oxygen atoms in total. The highest BCUT2D eigenvalue weighted by atomic mass is 19.2. The van der Waals surface area contributed by atoms with Crippen molar-refractivity contribution < 1.29 is 203 Å². The second-order valence-electron chi connectivity index (χ2n) is 28.6. The third kappa shape index (κ3) is 32.3. The maximum Gasteiger partial charge on any atom is 0.344 e. The van der Waals surface area contributed by atoms with Gasteiger partial charge in [0.2, 0.25) is 17.5 Å². The fourth-order valence-electron chi connectivity index (χ4n) is 8.20. The van der Waals surface area contributed by atoms with Crippen molar-refractivity contribution in [3.05, 3.63) is 243 Å². The molecular weight excluding hydrogens is 1790 g/mol. The first-order chi connectivity index (χ1) is 58.1. The van der Waals surface area contributed by atoms with Crippen molar-refractivity contribution in [2.45, 2.75) is 123 Å². The molecular formula is C81H75F31O14. The van der Waals surface area contributed by atoms with Crippen molar-refractivity contribution >= 4 is 41.8 Å². The van der Waals surface area contributed by atoms with E-state index in [1.807, 2.05) is 0 Å². The van der Waals surface area contributed by atoms with Crippen LogP contribution in [0.1, 0.15) is 172 Å². The number of rotatable bonds is 24. The number of hydrogen-bond donors (Lipinski definition) is 0. The van der Waals surface area contributed by atoms with Crippen LogP contribution >= 0.6 is 0 Å². The van der Waals surface area contributed by atoms with Gasteiger partial charge < -0.3 is 33.2 Å². The van der Waals surface area contributed by atoms with E-state index >= 15 is 0 Å². The number of carbonyl (C=O) groups excluding carboxylic acids is 7. The molecule has 0 unspecified atom stereocenters. The predicted molar refractivity (Wildman–Crippen MR) is 378 cm³/mol. The zero-order valence-electron chi connectivity index (χ0n) is 68.3. The monoisotopic (exact) mass is 1860 g/mol. The van der Waals surface area contributed by atoms with E-state index < -0.39 is 286 Å². The lowest BCUT2D eigenvalue weighted by atomic mass is 10.1. The van der Waals surface area contributed by atoms with Crippen LogP contribution in [0.15, 0.2) is 18.2 Å². The Bertz CT molecular complexity index is 4810. The SMILES string of the molecule is CC(C)COC(=O)CCc1c(F)c(F)c(F)c(F)c1F.CC(C)COC(=O)Cc1c(F)c(F)c(F)c(F)c1F.CC(C)COC(=O)c1c(F)c(F)c(F)c(F)c1F.CC(C)COC(=O)c1c(F)c(F)cc(F)c1F.CC(C)COC(=O)c1c(F)cc(F)c(F)c1F.CC(C)COC(=O)c1cc(F)c(F)c(F)c1F.Cc1c(F)c(F)c(C(=O)OCC(C)C)c(F)c1F. The van der Waals surface area contributed by atoms with E-state index in [1.54, 1.807) is 96.9 Å². The number of halogens is 31. The van der Waals surface area contributed by atoms with Gasteiger partial charge in [-0.3, -0.25) is 9.59 Å². The molecule has 0 aliphatic carbocycles. The first-order valence-corrected chi connectivity index (χ1v) is 36.1. The molecule has 0 aromatic heterocycles. The van der Waals surface area contributed by atoms with Crippen LogP contribution in [0.25, 0.3) is 0 Å². The second-order valence-corrected chi connectivity index (χ2v) is 28.6. The van der Waals surface area contributed by atoms with E-state index in [0.717, 1.165) is 6.92 Å². The zero-order chi connectivity index (χ0) is 97.7. The van der Waals surface area contributed by atoms with Gasteiger partial charge in [0, 0.05) is 35.2 Å². The largest absolute Gasteiger partial charge is 0.465 e. The lowest BCUT2D eigenvalue weighted by molar-refractivity contribution is -0.145. The van der Waals surface area contributed by atoms with E-state index in [-0.39, 0.29) is 106 Å². The Kier molecular flexibility index (Phi) is 45.9. The summed E-state index contributed by atoms with van der Waals surface area (Å²) in [5.41, 5.74) is -9.45. The summed E-state index contributed by atoms with van der Waals surface area (Å²) in [5, 5.41) is 0. The van der Waals surface area contributed by atoms with Crippen LogP contribution in [0.3, 0.4) is 0 Å². The third-order valence-electron chi connectivity index (χ3n) is 14.5. The van der Waals surface area contributed by atoms with Gasteiger partial charge in [-0.05, 0) is 60.8 Å². The number of hydrogen-bond acceptors (Lipinski definition) is 14. The molecule has 45 heteroatoms. The van der Waals surface area contributed by atoms with Gasteiger partial charge in [0.05, 0.1) is 52.7 Å². The number of benzene rings is 7. The molecule has 0 bridgehead atoms. The van der Waals surface area contributed by atoms with Gasteiger partial charge in [0.1, 0.15) is 33.6 Å². The van der Waals surface area contributed by atoms with Crippen LogP contribution in [-0.4, -0.2) is 88.0 Å². The summed E-state index contributed by atoms with van der Waals surface area (Å²) >= 11 is 0. The number of ether oxygens (including phenoxy) is 7. The smallest absolute Gasteiger partial charge is 0.344 e. The summed E-state index contributed by atoms with van der Waals surface area (Å²) in [6, 6.07) is 0.407. The van der Waals surface area contributed by atoms with E-state index in [4.69, 9.17) is 4.74 Å². The molecule has 0 N–H and O–H groups in total. The molecule has 0 spiro atoms. The van der Waals surface area contributed by atoms with Crippen molar-refractivity contribution in [1.29, 1.82) is 0 Å². The summed E-state index contributed by atoms with van der Waals surface area (Å²) in [5.74, 6) is -68.5. The van der Waals surface area contributed by atoms with Crippen LogP contribution in [0.2, 0.25) is 0 Å². The van der Waals surface area contributed by atoms with Crippen molar-refractivity contribution in [2.24, 2.45) is 41.4 Å². The van der Waals surface area contributed by atoms with E-state index in [9.17, 15) is 170 Å². The minimum absolute atomic E-state index is 0.00572. The predicted octanol–water partition coefficient (Wildman–Crippen LogP) is 22.4. The molecule has 700 valence electrons. The highest BCUT2D eigenvalue weighted by molar-refractivity contribution is 5.92. The van der Waals surface area contributed by atoms with Crippen molar-refractivity contribution in [3.8, 4) is 0 Å². The van der Waals surface area contributed by atoms with Crippen LogP contribution < -0.4 is 0 Å². The zero-order valence-corrected chi connectivity index (χ0v) is 68.3. The molecule has 126 heavy (non-hydrogen) atoms. The molecule has 7 aromatic carbocycles. The van der Waals surface area contributed by atoms with Gasteiger partial charge >= 0.3 is 41.8 Å². The van der Waals surface area contributed by atoms with Gasteiger partial charge in [-0.25, -0.2) is 160 Å². The molecule has 0 aliphatic rings. The normalized spacial score (nSPS) is 10.9. The fraction of sp³-hybridized carbons (Fsp3) is 0.395. The van der Waals surface area contributed by atoms with E-state index in [2.05, 4.69) is 28.4 Å². The molecule has 0 saturated heterocycles. The first kappa shape index (κ1) is 113. The average molecular weight is 1860 g/mol. The topological polar surface area (TPSA) is 184 Å². The minimum atomic E-state index is -2.31. The van der Waals surface area contributed by atoms with Gasteiger partial charge in [-0.1, -0.05) is 96.9 Å². The quantitative estimate of drug-likeness (QED) is 0.0183. The van der Waals surface area contributed by atoms with Crippen LogP contribution in [0.4, 0.5) is 136 Å². The molecule has 0 radical (unpaired) electrons. The third-order valence-corrected chi connectivity index (χ3v) is 14.5. The molecule has 0 atom stereocenters. The van der Waals surface area contributed by atoms with Crippen LogP contribution in [0, 0.1) is 229 Å². The van der Waals surface area contributed by atoms with Crippen LogP contribution in [0.5, 0.6) is 0 Å². The van der Waals surface area contributed by atoms with Crippen molar-refractivity contribution in [3.63, 3.8) is 0 Å². The Balaban J connectivity index is 0.000000736. The van der Waals surface area contributed by atoms with E-state index in [1.165, 1.54) is 0 Å². The standard InChI is InChI=1S/C13H13F5O2.C12H11F5O2.C12H12F4O2.C11H9F5O2.3C11H10F4O2/c1-6(2)5-20-8(19)4-3-7-9(14)11(16)13(18)12(17)10(7)15;1-5(2)4-19-7(18)3-6-8(13)10(15)12(17)11(16)9(6)14;1-5(2)4-18-12(17)7-10(15)8(13)6(3)9(14)11(7)16;1-4(2)3-18-11(17)5-6(12)8(14)10(16)9(15)7(5)13;1-5(2)4-17-11(16)8-9(14)6(12)3-7(13)10(8)15;1-5(2)4-17-11(16)8-6(12)3-7(13)9(14)10(8)15;1-5(2)4-17-11(16)6-3-7(12)9(14)10(15)8(6)13/h6H,3-5H2,1-2H3;5H,3-4H2,1-2H3;5H,4H2,1-3H3;4H,3H2,1-2H3;3*3,5H,4H2,1-2H3. The minimum Gasteiger partial charge on any atom is -0.465 e. The summed E-state index contributed by atoms with van der Waals surface area (Å²) in [7, 11) is 0. The van der Waals surface area contributed by atoms with Gasteiger partial charge in [0.25, 0.3) is 0 Å². The summed E-state index contributed by atoms with van der Waals surface area (Å²) in [4.78, 5) is 78.9. The van der Waals surface area contributed by atoms with Gasteiger partial charge in [0.15, 0.2) is 157 Å². The molecule has 0 aliphatic heterocycles.